The Morgan fingerprint density at radius 1 is 1.00 bits per heavy atom. The SMILES string of the molecule is O=C(Nc1c[nH]c2cc(F)c(F)cc12)c1ccc(C2(O)CCC(F)(F)CC2)cc1. The van der Waals surface area contributed by atoms with Crippen LogP contribution in [-0.4, -0.2) is 21.9 Å². The number of carbonyl (C=O) groups is 1. The molecule has 1 aliphatic carbocycles. The number of alkyl halides is 2. The molecule has 3 N–H and O–H groups in total. The highest BCUT2D eigenvalue weighted by Gasteiger charge is 2.43. The Balaban J connectivity index is 1.51. The van der Waals surface area contributed by atoms with Crippen LogP contribution in [0.1, 0.15) is 41.6 Å². The number of aromatic amines is 1. The summed E-state index contributed by atoms with van der Waals surface area (Å²) in [6, 6.07) is 8.07. The second-order valence-corrected chi connectivity index (χ2v) is 7.43. The largest absolute Gasteiger partial charge is 0.385 e. The Kier molecular flexibility index (Phi) is 4.61. The van der Waals surface area contributed by atoms with E-state index in [1.54, 1.807) is 12.1 Å². The molecule has 1 aliphatic rings. The monoisotopic (exact) mass is 406 g/mol. The molecule has 3 aromatic rings. The van der Waals surface area contributed by atoms with E-state index in [1.165, 1.54) is 18.3 Å². The van der Waals surface area contributed by atoms with Gasteiger partial charge in [-0.15, -0.1) is 0 Å². The molecule has 29 heavy (non-hydrogen) atoms. The minimum Gasteiger partial charge on any atom is -0.385 e. The first-order chi connectivity index (χ1) is 13.7. The lowest BCUT2D eigenvalue weighted by molar-refractivity contribution is -0.107. The predicted molar refractivity (Wildman–Crippen MR) is 99.9 cm³/mol. The molecule has 0 radical (unpaired) electrons. The molecule has 0 atom stereocenters. The third-order valence-corrected chi connectivity index (χ3v) is 5.46. The molecule has 4 nitrogen and oxygen atoms in total. The van der Waals surface area contributed by atoms with Crippen molar-refractivity contribution in [1.29, 1.82) is 0 Å². The van der Waals surface area contributed by atoms with Gasteiger partial charge in [-0.25, -0.2) is 17.6 Å². The molecule has 0 unspecified atom stereocenters. The fourth-order valence-electron chi connectivity index (χ4n) is 3.66. The van der Waals surface area contributed by atoms with Gasteiger partial charge >= 0.3 is 0 Å². The summed E-state index contributed by atoms with van der Waals surface area (Å²) in [4.78, 5) is 15.3. The van der Waals surface area contributed by atoms with E-state index < -0.39 is 29.1 Å². The summed E-state index contributed by atoms with van der Waals surface area (Å²) < 4.78 is 53.5. The number of hydrogen-bond acceptors (Lipinski definition) is 2. The molecule has 4 rings (SSSR count). The maximum atomic E-state index is 13.5. The number of aliphatic hydroxyl groups is 1. The van der Waals surface area contributed by atoms with Crippen molar-refractivity contribution in [3.63, 3.8) is 0 Å². The molecule has 1 fully saturated rings. The van der Waals surface area contributed by atoms with Gasteiger partial charge in [0.1, 0.15) is 0 Å². The van der Waals surface area contributed by atoms with E-state index >= 15 is 0 Å². The topological polar surface area (TPSA) is 65.1 Å². The minimum absolute atomic E-state index is 0.0526. The van der Waals surface area contributed by atoms with Crippen LogP contribution in [0.3, 0.4) is 0 Å². The lowest BCUT2D eigenvalue weighted by Gasteiger charge is -2.36. The second-order valence-electron chi connectivity index (χ2n) is 7.43. The molecule has 0 saturated heterocycles. The van der Waals surface area contributed by atoms with Crippen molar-refractivity contribution >= 4 is 22.5 Å². The van der Waals surface area contributed by atoms with E-state index in [-0.39, 0.29) is 31.2 Å². The molecule has 8 heteroatoms. The highest BCUT2D eigenvalue weighted by atomic mass is 19.3. The van der Waals surface area contributed by atoms with Crippen LogP contribution in [0.5, 0.6) is 0 Å². The van der Waals surface area contributed by atoms with Crippen LogP contribution in [0.15, 0.2) is 42.6 Å². The molecular weight excluding hydrogens is 388 g/mol. The van der Waals surface area contributed by atoms with Crippen molar-refractivity contribution in [3.8, 4) is 0 Å². The molecule has 1 amide bonds. The first-order valence-corrected chi connectivity index (χ1v) is 9.15. The number of fused-ring (bicyclic) bond motifs is 1. The number of halogens is 4. The Hall–Kier alpha value is -2.87. The van der Waals surface area contributed by atoms with Crippen LogP contribution in [0.4, 0.5) is 23.2 Å². The van der Waals surface area contributed by atoms with Gasteiger partial charge < -0.3 is 15.4 Å². The second kappa shape index (κ2) is 6.88. The molecule has 1 aromatic heterocycles. The quantitative estimate of drug-likeness (QED) is 0.530. The van der Waals surface area contributed by atoms with Gasteiger partial charge in [0, 0.05) is 36.1 Å². The molecule has 0 aliphatic heterocycles. The van der Waals surface area contributed by atoms with Gasteiger partial charge in [0.15, 0.2) is 11.6 Å². The maximum absolute atomic E-state index is 13.5. The fraction of sp³-hybridized carbons (Fsp3) is 0.286. The predicted octanol–water partition coefficient (Wildman–Crippen LogP) is 5.10. The number of anilines is 1. The highest BCUT2D eigenvalue weighted by molar-refractivity contribution is 6.09. The van der Waals surface area contributed by atoms with Gasteiger partial charge in [0.05, 0.1) is 16.8 Å². The number of nitrogens with one attached hydrogen (secondary N) is 2. The van der Waals surface area contributed by atoms with E-state index in [4.69, 9.17) is 0 Å². The molecule has 1 heterocycles. The third kappa shape index (κ3) is 3.72. The van der Waals surface area contributed by atoms with Crippen LogP contribution in [0.25, 0.3) is 10.9 Å². The van der Waals surface area contributed by atoms with Crippen molar-refractivity contribution < 1.29 is 27.5 Å². The van der Waals surface area contributed by atoms with Crippen molar-refractivity contribution in [1.82, 2.24) is 4.98 Å². The number of carbonyl (C=O) groups excluding carboxylic acids is 1. The van der Waals surface area contributed by atoms with Crippen LogP contribution in [0, 0.1) is 11.6 Å². The summed E-state index contributed by atoms with van der Waals surface area (Å²) in [6.45, 7) is 0. The number of hydrogen-bond donors (Lipinski definition) is 3. The van der Waals surface area contributed by atoms with E-state index in [0.29, 0.717) is 22.2 Å². The van der Waals surface area contributed by atoms with E-state index in [2.05, 4.69) is 10.3 Å². The standard InChI is InChI=1S/C21H18F4N2O2/c22-15-9-14-17(10-16(15)23)26-11-18(14)27-19(28)12-1-3-13(4-2-12)20(29)5-7-21(24,25)8-6-20/h1-4,9-11,26,29H,5-8H2,(H,27,28). The zero-order chi connectivity index (χ0) is 20.8. The first kappa shape index (κ1) is 19.4. The molecule has 0 bridgehead atoms. The zero-order valence-corrected chi connectivity index (χ0v) is 15.2. The number of rotatable bonds is 3. The summed E-state index contributed by atoms with van der Waals surface area (Å²) >= 11 is 0. The molecule has 2 aromatic carbocycles. The van der Waals surface area contributed by atoms with E-state index in [0.717, 1.165) is 12.1 Å². The van der Waals surface area contributed by atoms with Gasteiger partial charge in [-0.2, -0.15) is 0 Å². The number of benzene rings is 2. The smallest absolute Gasteiger partial charge is 0.255 e. The van der Waals surface area contributed by atoms with Gasteiger partial charge in [-0.3, -0.25) is 4.79 Å². The van der Waals surface area contributed by atoms with Crippen molar-refractivity contribution in [2.45, 2.75) is 37.2 Å². The van der Waals surface area contributed by atoms with E-state index in [1.807, 2.05) is 0 Å². The molecular formula is C21H18F4N2O2. The van der Waals surface area contributed by atoms with E-state index in [9.17, 15) is 27.5 Å². The van der Waals surface area contributed by atoms with Gasteiger partial charge in [0.2, 0.25) is 5.92 Å². The molecule has 1 saturated carbocycles. The third-order valence-electron chi connectivity index (χ3n) is 5.46. The molecule has 0 spiro atoms. The van der Waals surface area contributed by atoms with Crippen molar-refractivity contribution in [3.05, 3.63) is 65.4 Å². The lowest BCUT2D eigenvalue weighted by atomic mass is 9.78. The highest BCUT2D eigenvalue weighted by Crippen LogP contribution is 2.43. The Morgan fingerprint density at radius 2 is 1.62 bits per heavy atom. The number of amides is 1. The Morgan fingerprint density at radius 3 is 2.28 bits per heavy atom. The summed E-state index contributed by atoms with van der Waals surface area (Å²) in [5.74, 6) is -5.26. The summed E-state index contributed by atoms with van der Waals surface area (Å²) in [6.07, 6.45) is 0.555. The average Bonchev–Trinajstić information content (AvgIpc) is 3.06. The average molecular weight is 406 g/mol. The van der Waals surface area contributed by atoms with Gasteiger partial charge in [-0.05, 0) is 36.6 Å². The normalized spacial score (nSPS) is 18.0. The Labute approximate surface area is 163 Å². The number of H-pyrrole nitrogens is 1. The fourth-order valence-corrected chi connectivity index (χ4v) is 3.66. The first-order valence-electron chi connectivity index (χ1n) is 9.15. The van der Waals surface area contributed by atoms with Crippen molar-refractivity contribution in [2.75, 3.05) is 5.32 Å². The summed E-state index contributed by atoms with van der Waals surface area (Å²) in [7, 11) is 0. The number of aromatic nitrogens is 1. The maximum Gasteiger partial charge on any atom is 0.255 e. The Bertz CT molecular complexity index is 1070. The summed E-state index contributed by atoms with van der Waals surface area (Å²) in [5.41, 5.74) is 0.0476. The summed E-state index contributed by atoms with van der Waals surface area (Å²) in [5, 5.41) is 13.6. The lowest BCUT2D eigenvalue weighted by Crippen LogP contribution is -2.36. The zero-order valence-electron chi connectivity index (χ0n) is 15.2. The van der Waals surface area contributed by atoms with Crippen LogP contribution < -0.4 is 5.32 Å². The van der Waals surface area contributed by atoms with Crippen LogP contribution in [0.2, 0.25) is 0 Å². The van der Waals surface area contributed by atoms with Crippen LogP contribution in [-0.2, 0) is 5.60 Å². The van der Waals surface area contributed by atoms with Gasteiger partial charge in [0.25, 0.3) is 5.91 Å². The van der Waals surface area contributed by atoms with Crippen molar-refractivity contribution in [2.24, 2.45) is 0 Å². The molecule has 152 valence electrons. The van der Waals surface area contributed by atoms with Gasteiger partial charge in [-0.1, -0.05) is 12.1 Å². The minimum atomic E-state index is -2.76. The van der Waals surface area contributed by atoms with Crippen LogP contribution >= 0.6 is 0 Å².